The molecule has 2 N–H and O–H groups in total. The van der Waals surface area contributed by atoms with Gasteiger partial charge in [0.15, 0.2) is 17.5 Å². The van der Waals surface area contributed by atoms with Crippen LogP contribution < -0.4 is 20.1 Å². The average Bonchev–Trinajstić information content (AvgIpc) is 3.18. The third-order valence-corrected chi connectivity index (χ3v) is 4.39. The van der Waals surface area contributed by atoms with E-state index in [1.54, 1.807) is 20.4 Å². The Labute approximate surface area is 197 Å². The topological polar surface area (TPSA) is 80.9 Å². The molecule has 0 saturated carbocycles. The minimum Gasteiger partial charge on any atom is -0.493 e. The van der Waals surface area contributed by atoms with E-state index in [1.165, 1.54) is 5.56 Å². The van der Waals surface area contributed by atoms with Crippen LogP contribution in [0.4, 0.5) is 0 Å². The van der Waals surface area contributed by atoms with Crippen molar-refractivity contribution in [3.05, 3.63) is 41.6 Å². The van der Waals surface area contributed by atoms with Crippen molar-refractivity contribution >= 4 is 29.9 Å². The molecule has 2 rings (SSSR count). The molecule has 0 spiro atoms. The summed E-state index contributed by atoms with van der Waals surface area (Å²) in [5.74, 6) is 3.76. The van der Waals surface area contributed by atoms with E-state index in [1.807, 2.05) is 19.1 Å². The van der Waals surface area contributed by atoms with Gasteiger partial charge in [0.25, 0.3) is 0 Å². The standard InChI is InChI=1S/C22H34N4O3.HI/c1-7-23-21(26-15-20-25-14-19(29-20)22(2,3)4)24-12-8-9-16-10-11-17(27-5)18(13-16)28-6;/h10-11,13-14H,7-9,12,15H2,1-6H3,(H2,23,24,26);1H. The molecule has 1 aromatic carbocycles. The molecular formula is C22H35IN4O3. The Balaban J connectivity index is 0.00000450. The van der Waals surface area contributed by atoms with Gasteiger partial charge in [-0.15, -0.1) is 24.0 Å². The number of ether oxygens (including phenoxy) is 2. The SMILES string of the molecule is CCNC(=NCc1ncc(C(C)(C)C)o1)NCCCc1ccc(OC)c(OC)c1.I. The number of guanidine groups is 1. The normalized spacial score (nSPS) is 11.6. The zero-order chi connectivity index (χ0) is 21.3. The van der Waals surface area contributed by atoms with Crippen molar-refractivity contribution < 1.29 is 13.9 Å². The lowest BCUT2D eigenvalue weighted by Gasteiger charge is -2.13. The van der Waals surface area contributed by atoms with E-state index < -0.39 is 0 Å². The highest BCUT2D eigenvalue weighted by atomic mass is 127. The first-order valence-corrected chi connectivity index (χ1v) is 10.1. The van der Waals surface area contributed by atoms with Crippen molar-refractivity contribution in [1.82, 2.24) is 15.6 Å². The van der Waals surface area contributed by atoms with Gasteiger partial charge in [0.05, 0.1) is 20.4 Å². The van der Waals surface area contributed by atoms with E-state index >= 15 is 0 Å². The van der Waals surface area contributed by atoms with Gasteiger partial charge in [0, 0.05) is 18.5 Å². The number of halogens is 1. The molecule has 1 aromatic heterocycles. The van der Waals surface area contributed by atoms with Gasteiger partial charge in [-0.1, -0.05) is 26.8 Å². The number of aliphatic imine (C=N–C) groups is 1. The number of benzene rings is 1. The van der Waals surface area contributed by atoms with Crippen molar-refractivity contribution in [1.29, 1.82) is 0 Å². The average molecular weight is 530 g/mol. The zero-order valence-electron chi connectivity index (χ0n) is 18.9. The first kappa shape index (κ1) is 26.1. The predicted molar refractivity (Wildman–Crippen MR) is 131 cm³/mol. The van der Waals surface area contributed by atoms with Gasteiger partial charge in [-0.25, -0.2) is 9.98 Å². The van der Waals surface area contributed by atoms with Crippen molar-refractivity contribution in [3.63, 3.8) is 0 Å². The molecule has 1 heterocycles. The van der Waals surface area contributed by atoms with E-state index in [9.17, 15) is 0 Å². The van der Waals surface area contributed by atoms with Gasteiger partial charge >= 0.3 is 0 Å². The van der Waals surface area contributed by atoms with E-state index in [4.69, 9.17) is 13.9 Å². The maximum atomic E-state index is 5.80. The highest BCUT2D eigenvalue weighted by Crippen LogP contribution is 2.28. The fourth-order valence-electron chi connectivity index (χ4n) is 2.75. The van der Waals surface area contributed by atoms with Crippen LogP contribution in [0.2, 0.25) is 0 Å². The summed E-state index contributed by atoms with van der Waals surface area (Å²) in [4.78, 5) is 8.91. The molecular weight excluding hydrogens is 495 g/mol. The summed E-state index contributed by atoms with van der Waals surface area (Å²) >= 11 is 0. The van der Waals surface area contributed by atoms with Crippen LogP contribution in [0.25, 0.3) is 0 Å². The molecule has 8 heteroatoms. The van der Waals surface area contributed by atoms with Crippen LogP contribution in [0.1, 0.15) is 51.3 Å². The summed E-state index contributed by atoms with van der Waals surface area (Å²) in [6.07, 6.45) is 3.68. The van der Waals surface area contributed by atoms with Gasteiger partial charge in [-0.2, -0.15) is 0 Å². The van der Waals surface area contributed by atoms with Crippen molar-refractivity contribution in [2.45, 2.75) is 52.5 Å². The smallest absolute Gasteiger partial charge is 0.216 e. The number of aromatic nitrogens is 1. The van der Waals surface area contributed by atoms with Gasteiger partial charge in [0.2, 0.25) is 5.89 Å². The largest absolute Gasteiger partial charge is 0.493 e. The van der Waals surface area contributed by atoms with Crippen LogP contribution in [0, 0.1) is 0 Å². The minimum absolute atomic E-state index is 0. The van der Waals surface area contributed by atoms with Crippen molar-refractivity contribution in [2.75, 3.05) is 27.3 Å². The number of hydrogen-bond donors (Lipinski definition) is 2. The molecule has 0 aliphatic rings. The van der Waals surface area contributed by atoms with Crippen LogP contribution in [0.15, 0.2) is 33.8 Å². The number of nitrogens with one attached hydrogen (secondary N) is 2. The lowest BCUT2D eigenvalue weighted by atomic mass is 9.94. The van der Waals surface area contributed by atoms with Crippen LogP contribution in [0.5, 0.6) is 11.5 Å². The van der Waals surface area contributed by atoms with Gasteiger partial charge in [0.1, 0.15) is 12.3 Å². The number of methoxy groups -OCH3 is 2. The predicted octanol–water partition coefficient (Wildman–Crippen LogP) is 4.30. The Morgan fingerprint density at radius 2 is 1.87 bits per heavy atom. The fourth-order valence-corrected chi connectivity index (χ4v) is 2.75. The first-order valence-electron chi connectivity index (χ1n) is 10.1. The Morgan fingerprint density at radius 1 is 1.13 bits per heavy atom. The number of hydrogen-bond acceptors (Lipinski definition) is 5. The van der Waals surface area contributed by atoms with E-state index in [0.29, 0.717) is 12.4 Å². The molecule has 30 heavy (non-hydrogen) atoms. The van der Waals surface area contributed by atoms with Crippen LogP contribution in [-0.2, 0) is 18.4 Å². The van der Waals surface area contributed by atoms with Gasteiger partial charge in [-0.3, -0.25) is 0 Å². The van der Waals surface area contributed by atoms with E-state index in [-0.39, 0.29) is 29.4 Å². The molecule has 0 fully saturated rings. The first-order chi connectivity index (χ1) is 13.9. The summed E-state index contributed by atoms with van der Waals surface area (Å²) in [5.41, 5.74) is 1.16. The molecule has 168 valence electrons. The highest BCUT2D eigenvalue weighted by Gasteiger charge is 2.19. The molecule has 2 aromatic rings. The molecule has 0 atom stereocenters. The summed E-state index contributed by atoms with van der Waals surface area (Å²) in [5, 5.41) is 6.62. The number of aryl methyl sites for hydroxylation is 1. The van der Waals surface area contributed by atoms with Gasteiger partial charge in [-0.05, 0) is 37.5 Å². The summed E-state index contributed by atoms with van der Waals surface area (Å²) in [7, 11) is 3.30. The monoisotopic (exact) mass is 530 g/mol. The molecule has 0 aliphatic heterocycles. The van der Waals surface area contributed by atoms with Crippen LogP contribution in [-0.4, -0.2) is 38.3 Å². The molecule has 0 unspecified atom stereocenters. The third kappa shape index (κ3) is 8.04. The van der Waals surface area contributed by atoms with E-state index in [0.717, 1.165) is 49.1 Å². The van der Waals surface area contributed by atoms with E-state index in [2.05, 4.69) is 47.4 Å². The number of oxazole rings is 1. The summed E-state index contributed by atoms with van der Waals surface area (Å²) in [6, 6.07) is 6.03. The Kier molecular flexibility index (Phi) is 11.0. The lowest BCUT2D eigenvalue weighted by Crippen LogP contribution is -2.37. The summed E-state index contributed by atoms with van der Waals surface area (Å²) in [6.45, 7) is 10.4. The van der Waals surface area contributed by atoms with Crippen LogP contribution in [0.3, 0.4) is 0 Å². The summed E-state index contributed by atoms with van der Waals surface area (Å²) < 4.78 is 16.5. The second-order valence-electron chi connectivity index (χ2n) is 7.78. The maximum Gasteiger partial charge on any atom is 0.216 e. The Hall–Kier alpha value is -1.97. The Morgan fingerprint density at radius 3 is 2.47 bits per heavy atom. The zero-order valence-corrected chi connectivity index (χ0v) is 21.2. The number of nitrogens with zero attached hydrogens (tertiary/aromatic N) is 2. The van der Waals surface area contributed by atoms with Crippen molar-refractivity contribution in [2.24, 2.45) is 4.99 Å². The quantitative estimate of drug-likeness (QED) is 0.218. The lowest BCUT2D eigenvalue weighted by molar-refractivity contribution is 0.354. The third-order valence-electron chi connectivity index (χ3n) is 4.39. The second kappa shape index (κ2) is 12.7. The second-order valence-corrected chi connectivity index (χ2v) is 7.78. The fraction of sp³-hybridized carbons (Fsp3) is 0.545. The Bertz CT molecular complexity index is 800. The van der Waals surface area contributed by atoms with Crippen molar-refractivity contribution in [3.8, 4) is 11.5 Å². The maximum absolute atomic E-state index is 5.80. The number of rotatable bonds is 9. The van der Waals surface area contributed by atoms with Crippen LogP contribution >= 0.6 is 24.0 Å². The molecule has 0 saturated heterocycles. The molecule has 0 radical (unpaired) electrons. The molecule has 0 bridgehead atoms. The molecule has 7 nitrogen and oxygen atoms in total. The minimum atomic E-state index is -0.0537. The molecule has 0 aliphatic carbocycles. The molecule has 0 amide bonds. The highest BCUT2D eigenvalue weighted by molar-refractivity contribution is 14.0. The van der Waals surface area contributed by atoms with Gasteiger partial charge < -0.3 is 24.5 Å².